The van der Waals surface area contributed by atoms with Gasteiger partial charge in [-0.3, -0.25) is 4.79 Å². The Kier molecular flexibility index (Phi) is 5.88. The molecular weight excluding hydrogens is 368 g/mol. The standard InChI is InChI=1S/C20H17ClN2O4/c1-2-26-14-9-7-13(8-10-14)22-19(24)12-27-20(25)16-11-18(21)23-17-6-4-3-5-15(16)17/h3-11H,2,12H2,1H3,(H,22,24). The van der Waals surface area contributed by atoms with Crippen molar-refractivity contribution in [1.29, 1.82) is 0 Å². The number of aromatic nitrogens is 1. The molecule has 0 saturated carbocycles. The van der Waals surface area contributed by atoms with Gasteiger partial charge in [0, 0.05) is 11.1 Å². The number of fused-ring (bicyclic) bond motifs is 1. The van der Waals surface area contributed by atoms with Gasteiger partial charge in [0.15, 0.2) is 6.61 Å². The number of benzene rings is 2. The van der Waals surface area contributed by atoms with Gasteiger partial charge in [0.25, 0.3) is 5.91 Å². The molecule has 0 fully saturated rings. The van der Waals surface area contributed by atoms with Crippen LogP contribution >= 0.6 is 11.6 Å². The van der Waals surface area contributed by atoms with Crippen LogP contribution in [-0.2, 0) is 9.53 Å². The number of amides is 1. The van der Waals surface area contributed by atoms with E-state index in [2.05, 4.69) is 10.3 Å². The highest BCUT2D eigenvalue weighted by Gasteiger charge is 2.15. The van der Waals surface area contributed by atoms with Gasteiger partial charge in [-0.2, -0.15) is 0 Å². The number of nitrogens with one attached hydrogen (secondary N) is 1. The van der Waals surface area contributed by atoms with Crippen LogP contribution in [0.25, 0.3) is 10.9 Å². The average Bonchev–Trinajstić information content (AvgIpc) is 2.67. The van der Waals surface area contributed by atoms with Gasteiger partial charge in [-0.05, 0) is 43.3 Å². The molecule has 0 spiro atoms. The minimum Gasteiger partial charge on any atom is -0.494 e. The summed E-state index contributed by atoms with van der Waals surface area (Å²) in [5.41, 5.74) is 1.42. The lowest BCUT2D eigenvalue weighted by molar-refractivity contribution is -0.119. The van der Waals surface area contributed by atoms with E-state index in [1.807, 2.05) is 6.92 Å². The van der Waals surface area contributed by atoms with Crippen LogP contribution in [-0.4, -0.2) is 30.1 Å². The summed E-state index contributed by atoms with van der Waals surface area (Å²) in [4.78, 5) is 28.6. The number of rotatable bonds is 6. The van der Waals surface area contributed by atoms with Crippen LogP contribution in [0.5, 0.6) is 5.75 Å². The van der Waals surface area contributed by atoms with Crippen LogP contribution in [0.3, 0.4) is 0 Å². The van der Waals surface area contributed by atoms with Gasteiger partial charge in [0.05, 0.1) is 17.7 Å². The fraction of sp³-hybridized carbons (Fsp3) is 0.150. The minimum absolute atomic E-state index is 0.180. The molecule has 0 radical (unpaired) electrons. The van der Waals surface area contributed by atoms with Crippen molar-refractivity contribution in [2.45, 2.75) is 6.92 Å². The number of ether oxygens (including phenoxy) is 2. The molecule has 0 atom stereocenters. The van der Waals surface area contributed by atoms with Crippen LogP contribution in [0.2, 0.25) is 5.15 Å². The van der Waals surface area contributed by atoms with Crippen molar-refractivity contribution in [3.8, 4) is 5.75 Å². The highest BCUT2D eigenvalue weighted by atomic mass is 35.5. The minimum atomic E-state index is -0.641. The second-order valence-corrected chi connectivity index (χ2v) is 5.98. The van der Waals surface area contributed by atoms with Gasteiger partial charge in [0.2, 0.25) is 0 Å². The topological polar surface area (TPSA) is 77.5 Å². The van der Waals surface area contributed by atoms with Crippen LogP contribution in [0.4, 0.5) is 5.69 Å². The first-order chi connectivity index (χ1) is 13.1. The van der Waals surface area contributed by atoms with Gasteiger partial charge < -0.3 is 14.8 Å². The molecule has 0 saturated heterocycles. The second-order valence-electron chi connectivity index (χ2n) is 5.59. The third-order valence-corrected chi connectivity index (χ3v) is 3.88. The van der Waals surface area contributed by atoms with E-state index < -0.39 is 18.5 Å². The smallest absolute Gasteiger partial charge is 0.339 e. The van der Waals surface area contributed by atoms with Crippen molar-refractivity contribution in [1.82, 2.24) is 4.98 Å². The zero-order valence-corrected chi connectivity index (χ0v) is 15.3. The molecule has 3 aromatic rings. The summed E-state index contributed by atoms with van der Waals surface area (Å²) in [6.07, 6.45) is 0. The number of carbonyl (C=O) groups is 2. The highest BCUT2D eigenvalue weighted by Crippen LogP contribution is 2.21. The molecule has 6 nitrogen and oxygen atoms in total. The third-order valence-electron chi connectivity index (χ3n) is 3.69. The predicted molar refractivity (Wildman–Crippen MR) is 103 cm³/mol. The van der Waals surface area contributed by atoms with Gasteiger partial charge >= 0.3 is 5.97 Å². The molecule has 27 heavy (non-hydrogen) atoms. The van der Waals surface area contributed by atoms with E-state index in [4.69, 9.17) is 21.1 Å². The number of hydrogen-bond acceptors (Lipinski definition) is 5. The van der Waals surface area contributed by atoms with E-state index in [1.54, 1.807) is 48.5 Å². The Balaban J connectivity index is 1.63. The van der Waals surface area contributed by atoms with E-state index in [1.165, 1.54) is 6.07 Å². The number of esters is 1. The van der Waals surface area contributed by atoms with E-state index in [0.717, 1.165) is 0 Å². The lowest BCUT2D eigenvalue weighted by atomic mass is 10.1. The van der Waals surface area contributed by atoms with Crippen LogP contribution in [0.1, 0.15) is 17.3 Å². The maximum atomic E-state index is 12.4. The Hall–Kier alpha value is -3.12. The summed E-state index contributed by atoms with van der Waals surface area (Å²) in [6, 6.07) is 15.4. The van der Waals surface area contributed by atoms with Crippen molar-refractivity contribution in [2.75, 3.05) is 18.5 Å². The third kappa shape index (κ3) is 4.74. The molecule has 1 amide bonds. The summed E-state index contributed by atoms with van der Waals surface area (Å²) < 4.78 is 10.5. The van der Waals surface area contributed by atoms with Gasteiger partial charge in [-0.15, -0.1) is 0 Å². The molecule has 1 aromatic heterocycles. The van der Waals surface area contributed by atoms with E-state index in [-0.39, 0.29) is 10.7 Å². The molecule has 0 aliphatic carbocycles. The van der Waals surface area contributed by atoms with Gasteiger partial charge in [0.1, 0.15) is 10.9 Å². The molecule has 3 rings (SSSR count). The number of anilines is 1. The maximum Gasteiger partial charge on any atom is 0.339 e. The number of hydrogen-bond donors (Lipinski definition) is 1. The lowest BCUT2D eigenvalue weighted by Crippen LogP contribution is -2.21. The molecule has 2 aromatic carbocycles. The molecule has 7 heteroatoms. The van der Waals surface area contributed by atoms with Gasteiger partial charge in [-0.25, -0.2) is 9.78 Å². The van der Waals surface area contributed by atoms with Crippen molar-refractivity contribution in [3.05, 3.63) is 65.3 Å². The first kappa shape index (κ1) is 18.7. The molecule has 0 aliphatic heterocycles. The molecule has 138 valence electrons. The Morgan fingerprint density at radius 1 is 1.11 bits per heavy atom. The first-order valence-electron chi connectivity index (χ1n) is 8.32. The van der Waals surface area contributed by atoms with Crippen LogP contribution < -0.4 is 10.1 Å². The number of nitrogens with zero attached hydrogens (tertiary/aromatic N) is 1. The fourth-order valence-electron chi connectivity index (χ4n) is 2.52. The normalized spacial score (nSPS) is 10.4. The fourth-order valence-corrected chi connectivity index (χ4v) is 2.72. The highest BCUT2D eigenvalue weighted by molar-refractivity contribution is 6.30. The Bertz CT molecular complexity index is 973. The molecule has 1 N–H and O–H groups in total. The van der Waals surface area contributed by atoms with Crippen LogP contribution in [0, 0.1) is 0 Å². The van der Waals surface area contributed by atoms with Crippen molar-refractivity contribution in [2.24, 2.45) is 0 Å². The molecule has 0 unspecified atom stereocenters. The molecular formula is C20H17ClN2O4. The van der Waals surface area contributed by atoms with Gasteiger partial charge in [-0.1, -0.05) is 29.8 Å². The zero-order chi connectivity index (χ0) is 19.2. The van der Waals surface area contributed by atoms with Crippen LogP contribution in [0.15, 0.2) is 54.6 Å². The van der Waals surface area contributed by atoms with Crippen molar-refractivity contribution in [3.63, 3.8) is 0 Å². The Morgan fingerprint density at radius 3 is 2.59 bits per heavy atom. The maximum absolute atomic E-state index is 12.4. The molecule has 0 aliphatic rings. The van der Waals surface area contributed by atoms with E-state index in [9.17, 15) is 9.59 Å². The van der Waals surface area contributed by atoms with E-state index in [0.29, 0.717) is 28.9 Å². The van der Waals surface area contributed by atoms with Crippen molar-refractivity contribution >= 4 is 40.1 Å². The summed E-state index contributed by atoms with van der Waals surface area (Å²) in [5, 5.41) is 3.45. The summed E-state index contributed by atoms with van der Waals surface area (Å²) in [5.74, 6) is -0.377. The predicted octanol–water partition coefficient (Wildman–Crippen LogP) is 4.08. The average molecular weight is 385 g/mol. The lowest BCUT2D eigenvalue weighted by Gasteiger charge is -2.09. The largest absolute Gasteiger partial charge is 0.494 e. The number of pyridine rings is 1. The van der Waals surface area contributed by atoms with Crippen molar-refractivity contribution < 1.29 is 19.1 Å². The Morgan fingerprint density at radius 2 is 1.85 bits per heavy atom. The number of halogens is 1. The molecule has 0 bridgehead atoms. The second kappa shape index (κ2) is 8.51. The number of carbonyl (C=O) groups excluding carboxylic acids is 2. The summed E-state index contributed by atoms with van der Waals surface area (Å²) >= 11 is 5.96. The SMILES string of the molecule is CCOc1ccc(NC(=O)COC(=O)c2cc(Cl)nc3ccccc23)cc1. The summed E-state index contributed by atoms with van der Waals surface area (Å²) in [7, 11) is 0. The van der Waals surface area contributed by atoms with E-state index >= 15 is 0 Å². The summed E-state index contributed by atoms with van der Waals surface area (Å²) in [6.45, 7) is 2.04. The molecule has 1 heterocycles. The first-order valence-corrected chi connectivity index (χ1v) is 8.69. The Labute approximate surface area is 161 Å². The quantitative estimate of drug-likeness (QED) is 0.511. The zero-order valence-electron chi connectivity index (χ0n) is 14.6. The number of para-hydroxylation sites is 1. The monoisotopic (exact) mass is 384 g/mol.